The molecule has 0 heterocycles. The van der Waals surface area contributed by atoms with Crippen molar-refractivity contribution in [1.82, 2.24) is 0 Å². The van der Waals surface area contributed by atoms with E-state index in [9.17, 15) is 0 Å². The summed E-state index contributed by atoms with van der Waals surface area (Å²) in [5, 5.41) is 0. The van der Waals surface area contributed by atoms with Crippen molar-refractivity contribution in [2.24, 2.45) is 11.7 Å². The Morgan fingerprint density at radius 1 is 1.46 bits per heavy atom. The fourth-order valence-corrected chi connectivity index (χ4v) is 2.88. The van der Waals surface area contributed by atoms with Crippen LogP contribution in [0.3, 0.4) is 0 Å². The summed E-state index contributed by atoms with van der Waals surface area (Å²) in [7, 11) is 1.75. The van der Waals surface area contributed by atoms with Crippen molar-refractivity contribution in [3.8, 4) is 0 Å². The predicted molar refractivity (Wildman–Crippen MR) is 59.1 cm³/mol. The van der Waals surface area contributed by atoms with Gasteiger partial charge in [0.1, 0.15) is 0 Å². The van der Waals surface area contributed by atoms with Crippen molar-refractivity contribution >= 4 is 11.8 Å². The molecule has 0 amide bonds. The van der Waals surface area contributed by atoms with E-state index in [1.807, 2.05) is 11.8 Å². The van der Waals surface area contributed by atoms with E-state index < -0.39 is 0 Å². The Balaban J connectivity index is 1.99. The molecule has 13 heavy (non-hydrogen) atoms. The molecule has 0 aliphatic heterocycles. The Bertz CT molecular complexity index is 126. The van der Waals surface area contributed by atoms with Crippen LogP contribution in [0.5, 0.6) is 0 Å². The minimum atomic E-state index is 0.421. The predicted octanol–water partition coefficient (Wildman–Crippen LogP) is 1.88. The third-order valence-electron chi connectivity index (χ3n) is 2.75. The van der Waals surface area contributed by atoms with E-state index in [4.69, 9.17) is 10.5 Å². The smallest absolute Gasteiger partial charge is 0.0552 e. The Morgan fingerprint density at radius 3 is 2.77 bits per heavy atom. The van der Waals surface area contributed by atoms with E-state index in [0.717, 1.165) is 24.0 Å². The summed E-state index contributed by atoms with van der Waals surface area (Å²) in [6, 6.07) is 0.421. The Morgan fingerprint density at radius 2 is 2.15 bits per heavy atom. The van der Waals surface area contributed by atoms with E-state index in [0.29, 0.717) is 6.04 Å². The van der Waals surface area contributed by atoms with Gasteiger partial charge in [0, 0.05) is 24.7 Å². The van der Waals surface area contributed by atoms with Crippen LogP contribution in [0.2, 0.25) is 0 Å². The Kier molecular flexibility index (Phi) is 5.83. The van der Waals surface area contributed by atoms with E-state index in [2.05, 4.69) is 0 Å². The first-order valence-electron chi connectivity index (χ1n) is 5.17. The molecule has 0 spiro atoms. The van der Waals surface area contributed by atoms with Gasteiger partial charge < -0.3 is 10.5 Å². The molecule has 1 fully saturated rings. The van der Waals surface area contributed by atoms with Gasteiger partial charge in [-0.25, -0.2) is 0 Å². The Hall–Kier alpha value is 0.270. The third kappa shape index (κ3) is 4.34. The Labute approximate surface area is 85.6 Å². The zero-order chi connectivity index (χ0) is 9.52. The minimum Gasteiger partial charge on any atom is -0.384 e. The van der Waals surface area contributed by atoms with Gasteiger partial charge in [0.05, 0.1) is 6.61 Å². The lowest BCUT2D eigenvalue weighted by molar-refractivity contribution is 0.218. The molecule has 0 saturated heterocycles. The maximum Gasteiger partial charge on any atom is 0.0552 e. The van der Waals surface area contributed by atoms with Gasteiger partial charge in [-0.1, -0.05) is 12.8 Å². The van der Waals surface area contributed by atoms with E-state index in [1.54, 1.807) is 7.11 Å². The molecule has 2 nitrogen and oxygen atoms in total. The number of rotatable bonds is 6. The molecule has 0 aromatic carbocycles. The van der Waals surface area contributed by atoms with Crippen molar-refractivity contribution in [3.63, 3.8) is 0 Å². The summed E-state index contributed by atoms with van der Waals surface area (Å²) in [6.07, 6.45) is 5.49. The van der Waals surface area contributed by atoms with Crippen LogP contribution in [0.1, 0.15) is 25.7 Å². The second-order valence-electron chi connectivity index (χ2n) is 3.78. The second-order valence-corrected chi connectivity index (χ2v) is 4.93. The van der Waals surface area contributed by atoms with Gasteiger partial charge in [0.25, 0.3) is 0 Å². The lowest BCUT2D eigenvalue weighted by Crippen LogP contribution is -2.31. The number of methoxy groups -OCH3 is 1. The molecule has 1 aliphatic rings. The highest BCUT2D eigenvalue weighted by molar-refractivity contribution is 7.99. The monoisotopic (exact) mass is 203 g/mol. The average Bonchev–Trinajstić information content (AvgIpc) is 2.65. The molecule has 78 valence electrons. The van der Waals surface area contributed by atoms with Crippen LogP contribution in [0.15, 0.2) is 0 Å². The van der Waals surface area contributed by atoms with Crippen molar-refractivity contribution in [1.29, 1.82) is 0 Å². The molecule has 0 aromatic rings. The van der Waals surface area contributed by atoms with Gasteiger partial charge in [0.2, 0.25) is 0 Å². The normalized spacial score (nSPS) is 20.8. The molecule has 2 N–H and O–H groups in total. The fraction of sp³-hybridized carbons (Fsp3) is 1.00. The second kappa shape index (κ2) is 6.68. The van der Waals surface area contributed by atoms with E-state index in [-0.39, 0.29) is 0 Å². The molecule has 0 bridgehead atoms. The van der Waals surface area contributed by atoms with Crippen LogP contribution in [-0.2, 0) is 4.74 Å². The van der Waals surface area contributed by atoms with Crippen LogP contribution in [0.25, 0.3) is 0 Å². The first kappa shape index (κ1) is 11.3. The van der Waals surface area contributed by atoms with Crippen molar-refractivity contribution in [3.05, 3.63) is 0 Å². The fourth-order valence-electron chi connectivity index (χ4n) is 1.88. The minimum absolute atomic E-state index is 0.421. The number of nitrogens with two attached hydrogens (primary N) is 1. The molecule has 3 heteroatoms. The van der Waals surface area contributed by atoms with Gasteiger partial charge in [-0.15, -0.1) is 0 Å². The summed E-state index contributed by atoms with van der Waals surface area (Å²) >= 11 is 1.92. The topological polar surface area (TPSA) is 35.2 Å². The van der Waals surface area contributed by atoms with E-state index >= 15 is 0 Å². The van der Waals surface area contributed by atoms with Gasteiger partial charge in [-0.05, 0) is 18.8 Å². The molecule has 0 radical (unpaired) electrons. The van der Waals surface area contributed by atoms with Gasteiger partial charge in [0.15, 0.2) is 0 Å². The average molecular weight is 203 g/mol. The van der Waals surface area contributed by atoms with Crippen LogP contribution in [0, 0.1) is 5.92 Å². The molecule has 1 unspecified atom stereocenters. The van der Waals surface area contributed by atoms with Crippen LogP contribution < -0.4 is 5.73 Å². The maximum absolute atomic E-state index is 6.10. The van der Waals surface area contributed by atoms with Crippen LogP contribution in [0.4, 0.5) is 0 Å². The van der Waals surface area contributed by atoms with Gasteiger partial charge >= 0.3 is 0 Å². The van der Waals surface area contributed by atoms with Crippen LogP contribution in [-0.4, -0.2) is 31.3 Å². The highest BCUT2D eigenvalue weighted by Gasteiger charge is 2.21. The number of hydrogen-bond donors (Lipinski definition) is 1. The lowest BCUT2D eigenvalue weighted by Gasteiger charge is -2.17. The summed E-state index contributed by atoms with van der Waals surface area (Å²) < 4.78 is 4.99. The quantitative estimate of drug-likeness (QED) is 0.670. The molecule has 1 rings (SSSR count). The lowest BCUT2D eigenvalue weighted by atomic mass is 10.0. The zero-order valence-electron chi connectivity index (χ0n) is 8.50. The summed E-state index contributed by atoms with van der Waals surface area (Å²) in [5.74, 6) is 2.99. The number of ether oxygens (including phenoxy) is 1. The van der Waals surface area contributed by atoms with Gasteiger partial charge in [-0.3, -0.25) is 0 Å². The van der Waals surface area contributed by atoms with Crippen molar-refractivity contribution in [2.75, 3.05) is 25.2 Å². The number of thioether (sulfide) groups is 1. The molecular formula is C10H21NOS. The summed E-state index contributed by atoms with van der Waals surface area (Å²) in [4.78, 5) is 0. The summed E-state index contributed by atoms with van der Waals surface area (Å²) in [6.45, 7) is 0.849. The molecule has 1 saturated carbocycles. The molecule has 1 atom stereocenters. The van der Waals surface area contributed by atoms with Crippen molar-refractivity contribution in [2.45, 2.75) is 31.7 Å². The third-order valence-corrected chi connectivity index (χ3v) is 3.82. The maximum atomic E-state index is 6.10. The standard InChI is InChI=1S/C10H21NOS/c1-12-6-7-13-8-10(11)9-4-2-3-5-9/h9-10H,2-8,11H2,1H3. The van der Waals surface area contributed by atoms with Crippen LogP contribution >= 0.6 is 11.8 Å². The zero-order valence-corrected chi connectivity index (χ0v) is 9.31. The van der Waals surface area contributed by atoms with E-state index in [1.165, 1.54) is 25.7 Å². The largest absolute Gasteiger partial charge is 0.384 e. The number of hydrogen-bond acceptors (Lipinski definition) is 3. The first-order chi connectivity index (χ1) is 6.34. The van der Waals surface area contributed by atoms with Gasteiger partial charge in [-0.2, -0.15) is 11.8 Å². The first-order valence-corrected chi connectivity index (χ1v) is 6.32. The highest BCUT2D eigenvalue weighted by atomic mass is 32.2. The molecule has 1 aliphatic carbocycles. The molecule has 0 aromatic heterocycles. The molecular weight excluding hydrogens is 182 g/mol. The SMILES string of the molecule is COCCSCC(N)C1CCCC1. The highest BCUT2D eigenvalue weighted by Crippen LogP contribution is 2.27. The van der Waals surface area contributed by atoms with Crippen molar-refractivity contribution < 1.29 is 4.74 Å². The summed E-state index contributed by atoms with van der Waals surface area (Å²) in [5.41, 5.74) is 6.10.